The van der Waals surface area contributed by atoms with E-state index in [2.05, 4.69) is 28.1 Å². The first-order chi connectivity index (χ1) is 14.7. The average molecular weight is 412 g/mol. The maximum atomic E-state index is 12.3. The van der Waals surface area contributed by atoms with Crippen LogP contribution in [-0.2, 0) is 11.3 Å². The highest BCUT2D eigenvalue weighted by atomic mass is 16.6. The van der Waals surface area contributed by atoms with E-state index in [4.69, 9.17) is 14.4 Å². The zero-order chi connectivity index (χ0) is 20.6. The van der Waals surface area contributed by atoms with Crippen molar-refractivity contribution < 1.29 is 14.1 Å². The number of nitrogens with one attached hydrogen (secondary N) is 1. The van der Waals surface area contributed by atoms with E-state index in [9.17, 15) is 4.79 Å². The van der Waals surface area contributed by atoms with Crippen LogP contribution >= 0.6 is 0 Å². The van der Waals surface area contributed by atoms with Crippen LogP contribution in [0.3, 0.4) is 0 Å². The fraction of sp³-hybridized carbons (Fsp3) is 0.619. The van der Waals surface area contributed by atoms with Crippen molar-refractivity contribution in [1.82, 2.24) is 30.1 Å². The molecule has 0 bridgehead atoms. The van der Waals surface area contributed by atoms with Gasteiger partial charge in [0.1, 0.15) is 13.2 Å². The molecule has 2 aromatic heterocycles. The summed E-state index contributed by atoms with van der Waals surface area (Å²) in [5.74, 6) is 1.81. The first-order valence-electron chi connectivity index (χ1n) is 10.8. The quantitative estimate of drug-likeness (QED) is 0.727. The highest BCUT2D eigenvalue weighted by Crippen LogP contribution is 2.45. The van der Waals surface area contributed by atoms with Gasteiger partial charge in [0.25, 0.3) is 0 Å². The number of nitrogens with zero attached hydrogens (tertiary/aromatic N) is 5. The molecule has 2 saturated heterocycles. The van der Waals surface area contributed by atoms with Gasteiger partial charge in [-0.15, -0.1) is 0 Å². The van der Waals surface area contributed by atoms with Gasteiger partial charge < -0.3 is 19.5 Å². The lowest BCUT2D eigenvalue weighted by atomic mass is 9.73. The molecule has 1 amide bonds. The number of rotatable bonds is 6. The molecule has 1 spiro atoms. The molecule has 3 aliphatic rings. The number of carbonyl (C=O) groups excluding carboxylic acids is 1. The van der Waals surface area contributed by atoms with E-state index in [0.717, 1.165) is 18.8 Å². The monoisotopic (exact) mass is 412 g/mol. The molecular weight excluding hydrogens is 384 g/mol. The summed E-state index contributed by atoms with van der Waals surface area (Å²) in [6.45, 7) is 7.09. The number of likely N-dealkylation sites (tertiary alicyclic amines) is 1. The Morgan fingerprint density at radius 2 is 2.23 bits per heavy atom. The number of carbonyl (C=O) groups is 1. The Hall–Kier alpha value is -2.68. The van der Waals surface area contributed by atoms with Crippen LogP contribution in [0.4, 0.5) is 4.79 Å². The highest BCUT2D eigenvalue weighted by Gasteiger charge is 2.54. The third-order valence-corrected chi connectivity index (χ3v) is 6.71. The van der Waals surface area contributed by atoms with Crippen molar-refractivity contribution in [2.24, 2.45) is 5.41 Å². The lowest BCUT2D eigenvalue weighted by molar-refractivity contribution is 0.107. The van der Waals surface area contributed by atoms with Crippen molar-refractivity contribution in [2.75, 3.05) is 32.8 Å². The van der Waals surface area contributed by atoms with Gasteiger partial charge >= 0.3 is 6.09 Å². The molecule has 4 heterocycles. The Bertz CT molecular complexity index is 911. The van der Waals surface area contributed by atoms with E-state index >= 15 is 0 Å². The molecule has 9 heteroatoms. The summed E-state index contributed by atoms with van der Waals surface area (Å²) in [5.41, 5.74) is 1.10. The summed E-state index contributed by atoms with van der Waals surface area (Å²) in [6, 6.07) is 2.10. The Morgan fingerprint density at radius 1 is 1.40 bits per heavy atom. The van der Waals surface area contributed by atoms with Gasteiger partial charge in [-0.05, 0) is 18.9 Å². The summed E-state index contributed by atoms with van der Waals surface area (Å²) >= 11 is 0. The molecule has 1 N–H and O–H groups in total. The maximum Gasteiger partial charge on any atom is 0.410 e. The lowest BCUT2D eigenvalue weighted by Crippen LogP contribution is -2.57. The summed E-state index contributed by atoms with van der Waals surface area (Å²) in [5, 5.41) is 12.3. The molecule has 0 aromatic carbocycles. The third kappa shape index (κ3) is 3.51. The van der Waals surface area contributed by atoms with Crippen molar-refractivity contribution in [3.05, 3.63) is 42.3 Å². The minimum atomic E-state index is -0.316. The number of aromatic nitrogens is 4. The molecule has 1 saturated carbocycles. The van der Waals surface area contributed by atoms with Gasteiger partial charge in [0.05, 0.1) is 11.6 Å². The first-order valence-corrected chi connectivity index (χ1v) is 10.8. The predicted molar refractivity (Wildman–Crippen MR) is 108 cm³/mol. The van der Waals surface area contributed by atoms with Crippen LogP contribution in [-0.4, -0.2) is 63.7 Å². The standard InChI is InChI=1S/C21H28N6O3/c1-2-9-29-20(28)26-10-16(21(14-26)12-22-13-21)19-23-18(30-25-19)11-27-8-7-17(24-27)15-5-3-4-6-15/h2,7-8,15-16,22H,1,3-6,9-14H2. The van der Waals surface area contributed by atoms with Gasteiger partial charge in [-0.3, -0.25) is 4.68 Å². The van der Waals surface area contributed by atoms with Crippen molar-refractivity contribution in [3.8, 4) is 0 Å². The summed E-state index contributed by atoms with van der Waals surface area (Å²) in [7, 11) is 0. The van der Waals surface area contributed by atoms with E-state index in [0.29, 0.717) is 37.3 Å². The molecule has 3 fully saturated rings. The first kappa shape index (κ1) is 19.3. The Morgan fingerprint density at radius 3 is 2.97 bits per heavy atom. The summed E-state index contributed by atoms with van der Waals surface area (Å²) in [4.78, 5) is 18.7. The molecule has 2 aliphatic heterocycles. The number of hydrogen-bond donors (Lipinski definition) is 1. The molecule has 9 nitrogen and oxygen atoms in total. The molecule has 1 atom stereocenters. The fourth-order valence-corrected chi connectivity index (χ4v) is 5.01. The normalized spacial score (nSPS) is 23.1. The molecule has 1 unspecified atom stereocenters. The Labute approximate surface area is 175 Å². The van der Waals surface area contributed by atoms with Crippen molar-refractivity contribution in [3.63, 3.8) is 0 Å². The minimum absolute atomic E-state index is 0.0270. The average Bonchev–Trinajstić information content (AvgIpc) is 3.50. The molecule has 1 aliphatic carbocycles. The topological polar surface area (TPSA) is 98.3 Å². The van der Waals surface area contributed by atoms with E-state index in [1.807, 2.05) is 10.9 Å². The Balaban J connectivity index is 1.27. The van der Waals surface area contributed by atoms with Crippen molar-refractivity contribution in [2.45, 2.75) is 44.1 Å². The largest absolute Gasteiger partial charge is 0.445 e. The van der Waals surface area contributed by atoms with Crippen molar-refractivity contribution in [1.29, 1.82) is 0 Å². The molecule has 5 rings (SSSR count). The molecular formula is C21H28N6O3. The number of hydrogen-bond acceptors (Lipinski definition) is 7. The predicted octanol–water partition coefficient (Wildman–Crippen LogP) is 2.28. The second-order valence-corrected chi connectivity index (χ2v) is 8.73. The second-order valence-electron chi connectivity index (χ2n) is 8.73. The van der Waals surface area contributed by atoms with Gasteiger partial charge in [0.2, 0.25) is 5.89 Å². The van der Waals surface area contributed by atoms with Gasteiger partial charge in [0.15, 0.2) is 5.82 Å². The highest BCUT2D eigenvalue weighted by molar-refractivity contribution is 5.68. The zero-order valence-corrected chi connectivity index (χ0v) is 17.1. The van der Waals surface area contributed by atoms with Crippen LogP contribution in [0.5, 0.6) is 0 Å². The number of ether oxygens (including phenoxy) is 1. The Kier molecular flexibility index (Phi) is 5.06. The van der Waals surface area contributed by atoms with E-state index in [-0.39, 0.29) is 24.0 Å². The molecule has 30 heavy (non-hydrogen) atoms. The van der Waals surface area contributed by atoms with E-state index < -0.39 is 0 Å². The maximum absolute atomic E-state index is 12.3. The van der Waals surface area contributed by atoms with Gasteiger partial charge in [-0.1, -0.05) is 30.7 Å². The lowest BCUT2D eigenvalue weighted by Gasteiger charge is -2.42. The van der Waals surface area contributed by atoms with Crippen LogP contribution in [0.15, 0.2) is 29.4 Å². The fourth-order valence-electron chi connectivity index (χ4n) is 5.01. The molecule has 0 radical (unpaired) electrons. The van der Waals surface area contributed by atoms with Gasteiger partial charge in [-0.25, -0.2) is 4.79 Å². The molecule has 160 valence electrons. The number of amides is 1. The second kappa shape index (κ2) is 7.86. The zero-order valence-electron chi connectivity index (χ0n) is 17.1. The smallest absolute Gasteiger partial charge is 0.410 e. The van der Waals surface area contributed by atoms with Crippen LogP contribution in [0.1, 0.15) is 54.9 Å². The van der Waals surface area contributed by atoms with Crippen LogP contribution < -0.4 is 5.32 Å². The summed E-state index contributed by atoms with van der Waals surface area (Å²) < 4.78 is 12.6. The SMILES string of the molecule is C=CCOC(=O)N1CC(c2noc(Cn3ccc(C4CCCC4)n3)n2)C2(CNC2)C1. The van der Waals surface area contributed by atoms with Crippen LogP contribution in [0, 0.1) is 5.41 Å². The molecule has 2 aromatic rings. The summed E-state index contributed by atoms with van der Waals surface area (Å²) in [6.07, 6.45) is 8.29. The minimum Gasteiger partial charge on any atom is -0.445 e. The van der Waals surface area contributed by atoms with Gasteiger partial charge in [0, 0.05) is 43.7 Å². The van der Waals surface area contributed by atoms with E-state index in [1.54, 1.807) is 11.0 Å². The van der Waals surface area contributed by atoms with Crippen molar-refractivity contribution >= 4 is 6.09 Å². The van der Waals surface area contributed by atoms with Crippen LogP contribution in [0.25, 0.3) is 0 Å². The van der Waals surface area contributed by atoms with Crippen LogP contribution in [0.2, 0.25) is 0 Å². The van der Waals surface area contributed by atoms with E-state index in [1.165, 1.54) is 25.7 Å². The third-order valence-electron chi connectivity index (χ3n) is 6.71. The van der Waals surface area contributed by atoms with Gasteiger partial charge in [-0.2, -0.15) is 10.1 Å².